The first kappa shape index (κ1) is 18.6. The van der Waals surface area contributed by atoms with Crippen LogP contribution in [-0.4, -0.2) is 40.5 Å². The van der Waals surface area contributed by atoms with Crippen molar-refractivity contribution < 1.29 is 12.8 Å². The van der Waals surface area contributed by atoms with Crippen molar-refractivity contribution >= 4 is 10.0 Å². The summed E-state index contributed by atoms with van der Waals surface area (Å²) in [6.07, 6.45) is 3.68. The lowest BCUT2D eigenvalue weighted by molar-refractivity contribution is 0.217. The zero-order valence-electron chi connectivity index (χ0n) is 15.8. The third-order valence-electron chi connectivity index (χ3n) is 5.62. The van der Waals surface area contributed by atoms with Crippen LogP contribution in [0.3, 0.4) is 0 Å². The zero-order chi connectivity index (χ0) is 19.2. The maximum Gasteiger partial charge on any atom is 0.243 e. The predicted molar refractivity (Wildman–Crippen MR) is 99.9 cm³/mol. The standard InChI is InChI=1S/C19H25FN4O2S/c1-14-6-7-15(10-17(14)20)27(25,26)24-11-16-18(21-22(2)19(16)13-24)12-23-8-4-3-5-9-23/h6-7,10H,3-5,8-9,11-13H2,1-2H3. The molecule has 3 heterocycles. The molecule has 6 nitrogen and oxygen atoms in total. The molecular formula is C19H25FN4O2S. The predicted octanol–water partition coefficient (Wildman–Crippen LogP) is 2.56. The van der Waals surface area contributed by atoms with Crippen molar-refractivity contribution in [2.24, 2.45) is 7.05 Å². The SMILES string of the molecule is Cc1ccc(S(=O)(=O)N2Cc3c(CN4CCCCC4)nn(C)c3C2)cc1F. The maximum atomic E-state index is 13.9. The molecule has 0 unspecified atom stereocenters. The summed E-state index contributed by atoms with van der Waals surface area (Å²) < 4.78 is 43.1. The second-order valence-electron chi connectivity index (χ2n) is 7.52. The highest BCUT2D eigenvalue weighted by Crippen LogP contribution is 2.31. The van der Waals surface area contributed by atoms with Gasteiger partial charge in [-0.3, -0.25) is 9.58 Å². The first-order valence-electron chi connectivity index (χ1n) is 9.38. The van der Waals surface area contributed by atoms with Crippen molar-refractivity contribution in [3.05, 3.63) is 46.5 Å². The third kappa shape index (κ3) is 3.41. The fraction of sp³-hybridized carbons (Fsp3) is 0.526. The Morgan fingerprint density at radius 3 is 2.59 bits per heavy atom. The summed E-state index contributed by atoms with van der Waals surface area (Å²) in [5.74, 6) is -0.500. The molecule has 4 rings (SSSR count). The molecule has 0 saturated carbocycles. The average molecular weight is 393 g/mol. The van der Waals surface area contributed by atoms with E-state index in [-0.39, 0.29) is 11.4 Å². The Morgan fingerprint density at radius 2 is 1.89 bits per heavy atom. The number of aryl methyl sites for hydroxylation is 2. The molecule has 2 aliphatic rings. The van der Waals surface area contributed by atoms with E-state index in [0.717, 1.165) is 42.7 Å². The third-order valence-corrected chi connectivity index (χ3v) is 7.41. The van der Waals surface area contributed by atoms with Crippen molar-refractivity contribution in [1.29, 1.82) is 0 Å². The van der Waals surface area contributed by atoms with Gasteiger partial charge in [0.2, 0.25) is 10.0 Å². The van der Waals surface area contributed by atoms with Gasteiger partial charge < -0.3 is 0 Å². The Labute approximate surface area is 159 Å². The van der Waals surface area contributed by atoms with Crippen molar-refractivity contribution in [3.8, 4) is 0 Å². The van der Waals surface area contributed by atoms with Crippen molar-refractivity contribution in [3.63, 3.8) is 0 Å². The quantitative estimate of drug-likeness (QED) is 0.802. The molecule has 1 aromatic carbocycles. The first-order chi connectivity index (χ1) is 12.9. The summed E-state index contributed by atoms with van der Waals surface area (Å²) in [6, 6.07) is 4.10. The lowest BCUT2D eigenvalue weighted by Gasteiger charge is -2.26. The molecule has 0 atom stereocenters. The Kier molecular flexibility index (Phi) is 4.82. The van der Waals surface area contributed by atoms with Crippen LogP contribution in [0.1, 0.15) is 41.8 Å². The van der Waals surface area contributed by atoms with E-state index in [0.29, 0.717) is 12.1 Å². The highest BCUT2D eigenvalue weighted by molar-refractivity contribution is 7.89. The topological polar surface area (TPSA) is 58.4 Å². The van der Waals surface area contributed by atoms with Gasteiger partial charge in [0.1, 0.15) is 5.82 Å². The van der Waals surface area contributed by atoms with Gasteiger partial charge in [0.15, 0.2) is 0 Å². The van der Waals surface area contributed by atoms with Gasteiger partial charge in [0.25, 0.3) is 0 Å². The Bertz CT molecular complexity index is 964. The second kappa shape index (κ2) is 7.00. The molecule has 146 valence electrons. The summed E-state index contributed by atoms with van der Waals surface area (Å²) in [4.78, 5) is 2.39. The summed E-state index contributed by atoms with van der Waals surface area (Å²) in [6.45, 7) is 5.08. The van der Waals surface area contributed by atoms with Gasteiger partial charge in [-0.1, -0.05) is 12.5 Å². The molecule has 0 N–H and O–H groups in total. The van der Waals surface area contributed by atoms with Crippen LogP contribution in [0.25, 0.3) is 0 Å². The molecule has 8 heteroatoms. The molecule has 27 heavy (non-hydrogen) atoms. The first-order valence-corrected chi connectivity index (χ1v) is 10.8. The Morgan fingerprint density at radius 1 is 1.15 bits per heavy atom. The molecule has 1 fully saturated rings. The number of hydrogen-bond donors (Lipinski definition) is 0. The number of sulfonamides is 1. The summed E-state index contributed by atoms with van der Waals surface area (Å²) >= 11 is 0. The summed E-state index contributed by atoms with van der Waals surface area (Å²) in [5, 5.41) is 4.63. The molecule has 0 amide bonds. The molecule has 0 spiro atoms. The fourth-order valence-corrected chi connectivity index (χ4v) is 5.33. The molecule has 1 aromatic heterocycles. The Hall–Kier alpha value is -1.77. The van der Waals surface area contributed by atoms with Crippen LogP contribution in [0.4, 0.5) is 4.39 Å². The van der Waals surface area contributed by atoms with Gasteiger partial charge in [-0.2, -0.15) is 9.40 Å². The minimum absolute atomic E-state index is 0.00365. The largest absolute Gasteiger partial charge is 0.297 e. The van der Waals surface area contributed by atoms with Crippen LogP contribution >= 0.6 is 0 Å². The summed E-state index contributed by atoms with van der Waals surface area (Å²) in [5.41, 5.74) is 3.33. The molecular weight excluding hydrogens is 367 g/mol. The zero-order valence-corrected chi connectivity index (χ0v) is 16.6. The number of likely N-dealkylation sites (tertiary alicyclic amines) is 1. The van der Waals surface area contributed by atoms with Crippen molar-refractivity contribution in [1.82, 2.24) is 19.0 Å². The van der Waals surface area contributed by atoms with E-state index < -0.39 is 15.8 Å². The molecule has 2 aromatic rings. The monoisotopic (exact) mass is 392 g/mol. The van der Waals surface area contributed by atoms with Crippen LogP contribution < -0.4 is 0 Å². The van der Waals surface area contributed by atoms with E-state index in [1.54, 1.807) is 11.6 Å². The van der Waals surface area contributed by atoms with Crippen molar-refractivity contribution in [2.45, 2.75) is 50.7 Å². The maximum absolute atomic E-state index is 13.9. The van der Waals surface area contributed by atoms with Crippen molar-refractivity contribution in [2.75, 3.05) is 13.1 Å². The number of halogens is 1. The molecule has 1 saturated heterocycles. The second-order valence-corrected chi connectivity index (χ2v) is 9.45. The van der Waals surface area contributed by atoms with Crippen LogP contribution in [0.15, 0.2) is 23.1 Å². The average Bonchev–Trinajstić information content (AvgIpc) is 3.20. The van der Waals surface area contributed by atoms with E-state index in [9.17, 15) is 12.8 Å². The van der Waals surface area contributed by atoms with Gasteiger partial charge in [0.05, 0.1) is 22.8 Å². The van der Waals surface area contributed by atoms with Gasteiger partial charge in [-0.25, -0.2) is 12.8 Å². The van der Waals surface area contributed by atoms with Crippen LogP contribution in [0.2, 0.25) is 0 Å². The van der Waals surface area contributed by atoms with E-state index in [2.05, 4.69) is 10.00 Å². The number of fused-ring (bicyclic) bond motifs is 1. The van der Waals surface area contributed by atoms with E-state index in [1.165, 1.54) is 35.7 Å². The van der Waals surface area contributed by atoms with Crippen LogP contribution in [-0.2, 0) is 36.7 Å². The number of piperidine rings is 1. The highest BCUT2D eigenvalue weighted by Gasteiger charge is 2.35. The number of nitrogens with zero attached hydrogens (tertiary/aromatic N) is 4. The van der Waals surface area contributed by atoms with Crippen LogP contribution in [0, 0.1) is 12.7 Å². The normalized spacial score (nSPS) is 18.8. The fourth-order valence-electron chi connectivity index (χ4n) is 3.95. The lowest BCUT2D eigenvalue weighted by atomic mass is 10.1. The number of hydrogen-bond acceptors (Lipinski definition) is 4. The van der Waals surface area contributed by atoms with Gasteiger partial charge >= 0.3 is 0 Å². The molecule has 2 aliphatic heterocycles. The number of rotatable bonds is 4. The molecule has 0 radical (unpaired) electrons. The van der Waals surface area contributed by atoms with E-state index >= 15 is 0 Å². The van der Waals surface area contributed by atoms with E-state index in [4.69, 9.17) is 0 Å². The molecule has 0 aliphatic carbocycles. The smallest absolute Gasteiger partial charge is 0.243 e. The summed E-state index contributed by atoms with van der Waals surface area (Å²) in [7, 11) is -1.88. The minimum atomic E-state index is -3.74. The van der Waals surface area contributed by atoms with Gasteiger partial charge in [-0.05, 0) is 50.6 Å². The lowest BCUT2D eigenvalue weighted by Crippen LogP contribution is -2.30. The Balaban J connectivity index is 1.58. The number of aromatic nitrogens is 2. The van der Waals surface area contributed by atoms with Gasteiger partial charge in [-0.15, -0.1) is 0 Å². The van der Waals surface area contributed by atoms with Crippen LogP contribution in [0.5, 0.6) is 0 Å². The minimum Gasteiger partial charge on any atom is -0.297 e. The van der Waals surface area contributed by atoms with Gasteiger partial charge in [0, 0.05) is 25.7 Å². The molecule has 0 bridgehead atoms. The highest BCUT2D eigenvalue weighted by atomic mass is 32.2. The number of benzene rings is 1. The van der Waals surface area contributed by atoms with E-state index in [1.807, 2.05) is 7.05 Å².